The lowest BCUT2D eigenvalue weighted by Gasteiger charge is -2.37. The van der Waals surface area contributed by atoms with Crippen LogP contribution in [-0.2, 0) is 14.2 Å². The minimum absolute atomic E-state index is 0.108. The molecule has 0 amide bonds. The zero-order valence-corrected chi connectivity index (χ0v) is 13.2. The zero-order chi connectivity index (χ0) is 12.1. The Bertz CT molecular complexity index is 143. The lowest BCUT2D eigenvalue weighted by Crippen LogP contribution is -2.44. The van der Waals surface area contributed by atoms with Gasteiger partial charge in [-0.3, -0.25) is 0 Å². The van der Waals surface area contributed by atoms with E-state index in [1.54, 1.807) is 0 Å². The number of rotatable bonds is 7. The molecule has 0 rings (SSSR count). The van der Waals surface area contributed by atoms with Crippen molar-refractivity contribution in [1.82, 2.24) is 0 Å². The van der Waals surface area contributed by atoms with Crippen LogP contribution in [0.1, 0.15) is 41.5 Å². The average Bonchev–Trinajstić information content (AvgIpc) is 1.99. The summed E-state index contributed by atoms with van der Waals surface area (Å²) in [7, 11) is 0.987. The Morgan fingerprint density at radius 1 is 0.800 bits per heavy atom. The molecule has 4 heteroatoms. The maximum Gasteiger partial charge on any atom is 0.280 e. The van der Waals surface area contributed by atoms with E-state index >= 15 is 0 Å². The van der Waals surface area contributed by atoms with Gasteiger partial charge in [-0.25, -0.2) is 0 Å². The predicted octanol–water partition coefficient (Wildman–Crippen LogP) is 1.70. The first-order chi connectivity index (χ1) is 6.81. The lowest BCUT2D eigenvalue weighted by atomic mass is 10.4. The highest BCUT2D eigenvalue weighted by Gasteiger charge is 2.34. The first kappa shape index (κ1) is 15.1. The van der Waals surface area contributed by atoms with Crippen LogP contribution in [0.5, 0.6) is 0 Å². The Morgan fingerprint density at radius 2 is 1.07 bits per heavy atom. The van der Waals surface area contributed by atoms with Gasteiger partial charge < -0.3 is 14.2 Å². The van der Waals surface area contributed by atoms with Crippen molar-refractivity contribution in [3.05, 3.63) is 0 Å². The van der Waals surface area contributed by atoms with E-state index in [0.29, 0.717) is 0 Å². The minimum atomic E-state index is -0.831. The minimum Gasteiger partial charge on any atom is -0.325 e. The molecule has 0 aromatic heterocycles. The van der Waals surface area contributed by atoms with Gasteiger partial charge in [0.15, 0.2) is 0 Å². The van der Waals surface area contributed by atoms with Gasteiger partial charge in [-0.1, -0.05) is 0 Å². The van der Waals surface area contributed by atoms with E-state index in [1.165, 1.54) is 0 Å². The smallest absolute Gasteiger partial charge is 0.280 e. The molecule has 0 atom stereocenters. The Labute approximate surface area is 96.9 Å². The van der Waals surface area contributed by atoms with Crippen LogP contribution in [-0.4, -0.2) is 34.5 Å². The summed E-state index contributed by atoms with van der Waals surface area (Å²) < 4.78 is 17.4. The van der Waals surface area contributed by atoms with Gasteiger partial charge >= 0.3 is 0 Å². The van der Waals surface area contributed by atoms with Crippen molar-refractivity contribution in [3.63, 3.8) is 0 Å². The molecule has 0 saturated carbocycles. The Kier molecular flexibility index (Phi) is 6.67. The molecule has 0 N–H and O–H groups in total. The van der Waals surface area contributed by atoms with Crippen molar-refractivity contribution in [2.24, 2.45) is 0 Å². The van der Waals surface area contributed by atoms with Crippen LogP contribution < -0.4 is 0 Å². The van der Waals surface area contributed by atoms with E-state index in [4.69, 9.17) is 14.2 Å². The second kappa shape index (κ2) is 6.63. The first-order valence-corrected chi connectivity index (χ1v) is 7.26. The van der Waals surface area contributed by atoms with E-state index in [2.05, 4.69) is 0 Å². The molecular weight excluding hydrogens is 208 g/mol. The largest absolute Gasteiger partial charge is 0.325 e. The van der Waals surface area contributed by atoms with E-state index in [1.807, 2.05) is 41.5 Å². The summed E-state index contributed by atoms with van der Waals surface area (Å²) in [4.78, 5) is 0. The molecule has 0 aliphatic rings. The van der Waals surface area contributed by atoms with Gasteiger partial charge in [0.1, 0.15) is 0 Å². The fourth-order valence-electron chi connectivity index (χ4n) is 1.41. The van der Waals surface area contributed by atoms with E-state index in [0.717, 1.165) is 16.3 Å². The van der Waals surface area contributed by atoms with Gasteiger partial charge in [-0.05, 0) is 41.5 Å². The van der Waals surface area contributed by atoms with Crippen molar-refractivity contribution in [1.29, 1.82) is 0 Å². The van der Waals surface area contributed by atoms with Crippen molar-refractivity contribution in [3.8, 4) is 0 Å². The molecular formula is C11H26O3Si. The molecule has 0 aliphatic carbocycles. The summed E-state index contributed by atoms with van der Waals surface area (Å²) in [6.45, 7) is 12.0. The molecule has 0 aromatic rings. The third-order valence-electron chi connectivity index (χ3n) is 1.68. The quantitative estimate of drug-likeness (QED) is 0.496. The Hall–Kier alpha value is 0.0969. The molecule has 92 valence electrons. The third-order valence-corrected chi connectivity index (χ3v) is 2.54. The van der Waals surface area contributed by atoms with Gasteiger partial charge in [0, 0.05) is 16.3 Å². The number of hydrogen-bond acceptors (Lipinski definition) is 3. The second-order valence-corrected chi connectivity index (χ2v) is 5.24. The summed E-state index contributed by atoms with van der Waals surface area (Å²) in [6.07, 6.45) is 0.323. The molecule has 0 spiro atoms. The molecule has 0 bridgehead atoms. The SMILES string of the molecule is CC(C)OC(C[SiH3])(OC(C)C)OC(C)C. The fraction of sp³-hybridized carbons (Fsp3) is 1.00. The lowest BCUT2D eigenvalue weighted by molar-refractivity contribution is -0.398. The van der Waals surface area contributed by atoms with Gasteiger partial charge in [0.25, 0.3) is 5.97 Å². The van der Waals surface area contributed by atoms with Gasteiger partial charge in [-0.15, -0.1) is 0 Å². The monoisotopic (exact) mass is 234 g/mol. The van der Waals surface area contributed by atoms with Crippen molar-refractivity contribution in [2.45, 2.75) is 71.9 Å². The summed E-state index contributed by atoms with van der Waals surface area (Å²) in [5.74, 6) is -0.831. The molecule has 0 fully saturated rings. The van der Waals surface area contributed by atoms with Crippen LogP contribution in [0.2, 0.25) is 6.04 Å². The molecule has 15 heavy (non-hydrogen) atoms. The van der Waals surface area contributed by atoms with Gasteiger partial charge in [0.2, 0.25) is 0 Å². The number of hydrogen-bond donors (Lipinski definition) is 0. The average molecular weight is 234 g/mol. The van der Waals surface area contributed by atoms with E-state index in [-0.39, 0.29) is 18.3 Å². The molecule has 0 saturated heterocycles. The molecule has 3 nitrogen and oxygen atoms in total. The summed E-state index contributed by atoms with van der Waals surface area (Å²) in [5, 5.41) is 0. The van der Waals surface area contributed by atoms with Gasteiger partial charge in [-0.2, -0.15) is 0 Å². The van der Waals surface area contributed by atoms with Crippen LogP contribution in [0.4, 0.5) is 0 Å². The maximum atomic E-state index is 5.80. The van der Waals surface area contributed by atoms with Crippen LogP contribution >= 0.6 is 0 Å². The van der Waals surface area contributed by atoms with Crippen molar-refractivity contribution >= 4 is 10.2 Å². The topological polar surface area (TPSA) is 27.7 Å². The Balaban J connectivity index is 4.59. The highest BCUT2D eigenvalue weighted by Crippen LogP contribution is 2.25. The van der Waals surface area contributed by atoms with E-state index in [9.17, 15) is 0 Å². The van der Waals surface area contributed by atoms with Crippen molar-refractivity contribution < 1.29 is 14.2 Å². The molecule has 0 radical (unpaired) electrons. The maximum absolute atomic E-state index is 5.80. The molecule has 0 unspecified atom stereocenters. The summed E-state index contributed by atoms with van der Waals surface area (Å²) in [6, 6.07) is 0.821. The van der Waals surface area contributed by atoms with Crippen LogP contribution in [0.25, 0.3) is 0 Å². The normalized spacial score (nSPS) is 13.4. The highest BCUT2D eigenvalue weighted by molar-refractivity contribution is 6.09. The molecule has 0 aromatic carbocycles. The summed E-state index contributed by atoms with van der Waals surface area (Å²) >= 11 is 0. The van der Waals surface area contributed by atoms with Crippen LogP contribution in [0.15, 0.2) is 0 Å². The molecule has 0 aliphatic heterocycles. The predicted molar refractivity (Wildman–Crippen MR) is 66.1 cm³/mol. The fourth-order valence-corrected chi connectivity index (χ4v) is 1.91. The first-order valence-electron chi connectivity index (χ1n) is 5.84. The van der Waals surface area contributed by atoms with E-state index < -0.39 is 5.97 Å². The highest BCUT2D eigenvalue weighted by atomic mass is 28.1. The molecule has 0 heterocycles. The standard InChI is InChI=1S/C11H26O3Si/c1-8(2)12-11(7-15,13-9(3)4)14-10(5)6/h8-10H,7H2,1-6,15H3. The third kappa shape index (κ3) is 6.30. The second-order valence-electron chi connectivity index (χ2n) is 4.54. The Morgan fingerprint density at radius 3 is 1.20 bits per heavy atom. The zero-order valence-electron chi connectivity index (χ0n) is 11.2. The van der Waals surface area contributed by atoms with Crippen molar-refractivity contribution in [2.75, 3.05) is 0 Å². The van der Waals surface area contributed by atoms with Crippen LogP contribution in [0.3, 0.4) is 0 Å². The number of ether oxygens (including phenoxy) is 3. The van der Waals surface area contributed by atoms with Gasteiger partial charge in [0.05, 0.1) is 18.3 Å². The van der Waals surface area contributed by atoms with Crippen LogP contribution in [0, 0.1) is 0 Å². The summed E-state index contributed by atoms with van der Waals surface area (Å²) in [5.41, 5.74) is 0.